The first kappa shape index (κ1) is 9.34. The van der Waals surface area contributed by atoms with Crippen molar-refractivity contribution in [3.05, 3.63) is 23.8 Å². The summed E-state index contributed by atoms with van der Waals surface area (Å²) in [7, 11) is 1.56. The van der Waals surface area contributed by atoms with E-state index in [2.05, 4.69) is 0 Å². The summed E-state index contributed by atoms with van der Waals surface area (Å²) in [5.41, 5.74) is 6.65. The third kappa shape index (κ3) is 1.24. The normalized spacial score (nSPS) is 17.9. The minimum absolute atomic E-state index is 0.0125. The molecule has 3 N–H and O–H groups in total. The summed E-state index contributed by atoms with van der Waals surface area (Å²) in [5, 5.41) is 9.91. The Morgan fingerprint density at radius 3 is 2.71 bits per heavy atom. The first-order valence-corrected chi connectivity index (χ1v) is 4.80. The van der Waals surface area contributed by atoms with Crippen molar-refractivity contribution in [2.45, 2.75) is 18.3 Å². The maximum atomic E-state index is 9.91. The molecule has 2 rings (SSSR count). The first-order valence-electron chi connectivity index (χ1n) is 4.80. The fraction of sp³-hybridized carbons (Fsp3) is 0.455. The van der Waals surface area contributed by atoms with Crippen LogP contribution in [0.3, 0.4) is 0 Å². The predicted octanol–water partition coefficient (Wildman–Crippen LogP) is 1.39. The zero-order valence-corrected chi connectivity index (χ0v) is 8.29. The second kappa shape index (κ2) is 3.17. The Morgan fingerprint density at radius 2 is 2.21 bits per heavy atom. The second-order valence-electron chi connectivity index (χ2n) is 3.84. The molecular formula is C11H15NO2. The summed E-state index contributed by atoms with van der Waals surface area (Å²) in [6, 6.07) is 5.58. The topological polar surface area (TPSA) is 55.5 Å². The lowest BCUT2D eigenvalue weighted by atomic mass is 9.95. The first-order chi connectivity index (χ1) is 6.73. The van der Waals surface area contributed by atoms with Gasteiger partial charge in [-0.2, -0.15) is 0 Å². The summed E-state index contributed by atoms with van der Waals surface area (Å²) in [6.45, 7) is 0.591. The van der Waals surface area contributed by atoms with Crippen LogP contribution < -0.4 is 10.5 Å². The van der Waals surface area contributed by atoms with Gasteiger partial charge >= 0.3 is 0 Å². The molecule has 3 heteroatoms. The highest BCUT2D eigenvalue weighted by atomic mass is 16.5. The SMILES string of the molecule is COc1cccc(C2(CN)CC2)c1O. The highest BCUT2D eigenvalue weighted by molar-refractivity contribution is 5.51. The van der Waals surface area contributed by atoms with E-state index in [0.717, 1.165) is 18.4 Å². The van der Waals surface area contributed by atoms with Crippen molar-refractivity contribution in [3.8, 4) is 11.5 Å². The van der Waals surface area contributed by atoms with Crippen LogP contribution in [0.1, 0.15) is 18.4 Å². The summed E-state index contributed by atoms with van der Waals surface area (Å²) < 4.78 is 5.06. The maximum absolute atomic E-state index is 9.91. The average Bonchev–Trinajstić information content (AvgIpc) is 2.99. The lowest BCUT2D eigenvalue weighted by molar-refractivity contribution is 0.367. The molecule has 1 fully saturated rings. The number of para-hydroxylation sites is 1. The van der Waals surface area contributed by atoms with Crippen LogP contribution in [0.4, 0.5) is 0 Å². The number of benzene rings is 1. The standard InChI is InChI=1S/C11H15NO2/c1-14-9-4-2-3-8(10(9)13)11(7-12)5-6-11/h2-4,13H,5-7,12H2,1H3. The van der Waals surface area contributed by atoms with E-state index in [-0.39, 0.29) is 11.2 Å². The van der Waals surface area contributed by atoms with Gasteiger partial charge in [-0.05, 0) is 18.9 Å². The molecule has 1 aromatic carbocycles. The number of ether oxygens (including phenoxy) is 1. The van der Waals surface area contributed by atoms with Crippen LogP contribution in [0.15, 0.2) is 18.2 Å². The van der Waals surface area contributed by atoms with Crippen LogP contribution in [0, 0.1) is 0 Å². The number of methoxy groups -OCH3 is 1. The third-order valence-electron chi connectivity index (χ3n) is 3.03. The Labute approximate surface area is 83.5 Å². The summed E-state index contributed by atoms with van der Waals surface area (Å²) in [4.78, 5) is 0. The Hall–Kier alpha value is -1.22. The number of rotatable bonds is 3. The van der Waals surface area contributed by atoms with Gasteiger partial charge in [0.05, 0.1) is 7.11 Å². The smallest absolute Gasteiger partial charge is 0.161 e. The second-order valence-corrected chi connectivity index (χ2v) is 3.84. The van der Waals surface area contributed by atoms with Crippen LogP contribution in [0.2, 0.25) is 0 Å². The number of phenols is 1. The van der Waals surface area contributed by atoms with Gasteiger partial charge in [0.25, 0.3) is 0 Å². The molecule has 1 aliphatic rings. The van der Waals surface area contributed by atoms with E-state index in [4.69, 9.17) is 10.5 Å². The number of aromatic hydroxyl groups is 1. The van der Waals surface area contributed by atoms with E-state index in [1.54, 1.807) is 13.2 Å². The van der Waals surface area contributed by atoms with Gasteiger partial charge in [0.15, 0.2) is 11.5 Å². The van der Waals surface area contributed by atoms with Crippen molar-refractivity contribution >= 4 is 0 Å². The number of phenolic OH excluding ortho intramolecular Hbond substituents is 1. The van der Waals surface area contributed by atoms with Gasteiger partial charge in [-0.3, -0.25) is 0 Å². The van der Waals surface area contributed by atoms with Gasteiger partial charge in [0.1, 0.15) is 0 Å². The maximum Gasteiger partial charge on any atom is 0.161 e. The highest BCUT2D eigenvalue weighted by Crippen LogP contribution is 2.51. The predicted molar refractivity (Wildman–Crippen MR) is 54.6 cm³/mol. The molecular weight excluding hydrogens is 178 g/mol. The Morgan fingerprint density at radius 1 is 1.50 bits per heavy atom. The van der Waals surface area contributed by atoms with Gasteiger partial charge in [0, 0.05) is 17.5 Å². The zero-order chi connectivity index (χ0) is 10.2. The molecule has 1 saturated carbocycles. The third-order valence-corrected chi connectivity index (χ3v) is 3.03. The van der Waals surface area contributed by atoms with Gasteiger partial charge < -0.3 is 15.6 Å². The molecule has 14 heavy (non-hydrogen) atoms. The van der Waals surface area contributed by atoms with E-state index in [1.807, 2.05) is 12.1 Å². The highest BCUT2D eigenvalue weighted by Gasteiger charge is 2.45. The molecule has 0 atom stereocenters. The van der Waals surface area contributed by atoms with E-state index in [0.29, 0.717) is 12.3 Å². The van der Waals surface area contributed by atoms with Crippen molar-refractivity contribution in [1.82, 2.24) is 0 Å². The molecule has 1 aliphatic carbocycles. The lowest BCUT2D eigenvalue weighted by Crippen LogP contribution is -2.19. The molecule has 0 spiro atoms. The number of nitrogens with two attached hydrogens (primary N) is 1. The Kier molecular flexibility index (Phi) is 2.11. The van der Waals surface area contributed by atoms with Crippen LogP contribution in [-0.4, -0.2) is 18.8 Å². The molecule has 3 nitrogen and oxygen atoms in total. The van der Waals surface area contributed by atoms with Crippen LogP contribution >= 0.6 is 0 Å². The van der Waals surface area contributed by atoms with Crippen LogP contribution in [0.5, 0.6) is 11.5 Å². The van der Waals surface area contributed by atoms with Gasteiger partial charge in [-0.1, -0.05) is 12.1 Å². The molecule has 0 aromatic heterocycles. The molecule has 1 aromatic rings. The van der Waals surface area contributed by atoms with E-state index in [1.165, 1.54) is 0 Å². The summed E-state index contributed by atoms with van der Waals surface area (Å²) >= 11 is 0. The lowest BCUT2D eigenvalue weighted by Gasteiger charge is -2.16. The Bertz CT molecular complexity index is 345. The monoisotopic (exact) mass is 193 g/mol. The van der Waals surface area contributed by atoms with E-state index < -0.39 is 0 Å². The van der Waals surface area contributed by atoms with Crippen LogP contribution in [-0.2, 0) is 5.41 Å². The Balaban J connectivity index is 2.43. The zero-order valence-electron chi connectivity index (χ0n) is 8.29. The van der Waals surface area contributed by atoms with Crippen molar-refractivity contribution in [2.75, 3.05) is 13.7 Å². The molecule has 0 heterocycles. The molecule has 0 aliphatic heterocycles. The van der Waals surface area contributed by atoms with Gasteiger partial charge in [-0.25, -0.2) is 0 Å². The average molecular weight is 193 g/mol. The molecule has 0 bridgehead atoms. The van der Waals surface area contributed by atoms with Crippen LogP contribution in [0.25, 0.3) is 0 Å². The van der Waals surface area contributed by atoms with Gasteiger partial charge in [-0.15, -0.1) is 0 Å². The molecule has 76 valence electrons. The van der Waals surface area contributed by atoms with E-state index in [9.17, 15) is 5.11 Å². The molecule has 0 amide bonds. The molecule has 0 unspecified atom stereocenters. The largest absolute Gasteiger partial charge is 0.504 e. The van der Waals surface area contributed by atoms with Gasteiger partial charge in [0.2, 0.25) is 0 Å². The molecule has 0 saturated heterocycles. The number of hydrogen-bond acceptors (Lipinski definition) is 3. The minimum atomic E-state index is 0.0125. The summed E-state index contributed by atoms with van der Waals surface area (Å²) in [6.07, 6.45) is 2.12. The van der Waals surface area contributed by atoms with Crippen molar-refractivity contribution in [2.24, 2.45) is 5.73 Å². The minimum Gasteiger partial charge on any atom is -0.504 e. The van der Waals surface area contributed by atoms with Crippen molar-refractivity contribution in [3.63, 3.8) is 0 Å². The fourth-order valence-electron chi connectivity index (χ4n) is 1.85. The molecule has 0 radical (unpaired) electrons. The van der Waals surface area contributed by atoms with Crippen molar-refractivity contribution < 1.29 is 9.84 Å². The number of hydrogen-bond donors (Lipinski definition) is 2. The quantitative estimate of drug-likeness (QED) is 0.762. The summed E-state index contributed by atoms with van der Waals surface area (Å²) in [5.74, 6) is 0.778. The van der Waals surface area contributed by atoms with Crippen molar-refractivity contribution in [1.29, 1.82) is 0 Å². The van der Waals surface area contributed by atoms with E-state index >= 15 is 0 Å². The fourth-order valence-corrected chi connectivity index (χ4v) is 1.85.